The molecule has 0 spiro atoms. The molecule has 0 fully saturated rings. The summed E-state index contributed by atoms with van der Waals surface area (Å²) >= 11 is 32.7. The van der Waals surface area contributed by atoms with Gasteiger partial charge in [0.25, 0.3) is 0 Å². The second-order valence-electron chi connectivity index (χ2n) is 13.1. The average molecular weight is 829 g/mol. The molecule has 6 aromatic rings. The van der Waals surface area contributed by atoms with Crippen molar-refractivity contribution in [3.8, 4) is 28.3 Å². The Morgan fingerprint density at radius 1 is 0.722 bits per heavy atom. The smallest absolute Gasteiger partial charge is 0.338 e. The van der Waals surface area contributed by atoms with E-state index in [1.54, 1.807) is 66.9 Å². The third-order valence-corrected chi connectivity index (χ3v) is 10.1. The molecule has 0 aliphatic carbocycles. The molecule has 280 valence electrons. The SMILES string of the molecule is CC(C)c1onc(-c2c(Cl)cccc2Cl)c1COC(=O)c1cccc(CN(C)c2ncc(OCc3c(-c4c(Cl)cccc4Cl)noc3C(C)C)cc2Cl)c1. The minimum absolute atomic E-state index is 0.0284. The zero-order valence-electron chi connectivity index (χ0n) is 29.9. The molecule has 0 unspecified atom stereocenters. The van der Waals surface area contributed by atoms with Crippen molar-refractivity contribution in [3.05, 3.63) is 132 Å². The molecule has 0 saturated carbocycles. The van der Waals surface area contributed by atoms with Crippen LogP contribution in [0.25, 0.3) is 22.5 Å². The number of rotatable bonds is 13. The van der Waals surface area contributed by atoms with E-state index in [9.17, 15) is 4.79 Å². The van der Waals surface area contributed by atoms with Crippen LogP contribution in [-0.2, 0) is 24.5 Å². The third-order valence-electron chi connectivity index (χ3n) is 8.56. The molecule has 3 heterocycles. The predicted molar refractivity (Wildman–Crippen MR) is 213 cm³/mol. The number of ether oxygens (including phenoxy) is 2. The van der Waals surface area contributed by atoms with E-state index in [1.807, 2.05) is 45.7 Å². The molecule has 0 atom stereocenters. The maximum absolute atomic E-state index is 13.3. The highest BCUT2D eigenvalue weighted by atomic mass is 35.5. The largest absolute Gasteiger partial charge is 0.487 e. The first-order valence-corrected chi connectivity index (χ1v) is 18.8. The molecule has 0 amide bonds. The number of nitrogens with zero attached hydrogens (tertiary/aromatic N) is 4. The van der Waals surface area contributed by atoms with E-state index in [-0.39, 0.29) is 25.0 Å². The number of benzene rings is 3. The molecule has 3 aromatic heterocycles. The fourth-order valence-corrected chi connectivity index (χ4v) is 7.42. The van der Waals surface area contributed by atoms with Crippen LogP contribution in [0.15, 0.2) is 82.0 Å². The molecule has 14 heteroatoms. The van der Waals surface area contributed by atoms with E-state index in [1.165, 1.54) is 0 Å². The van der Waals surface area contributed by atoms with Gasteiger partial charge in [-0.2, -0.15) is 0 Å². The van der Waals surface area contributed by atoms with Gasteiger partial charge >= 0.3 is 5.97 Å². The van der Waals surface area contributed by atoms with Crippen molar-refractivity contribution in [1.82, 2.24) is 15.3 Å². The second kappa shape index (κ2) is 17.0. The van der Waals surface area contributed by atoms with E-state index in [0.29, 0.717) is 88.4 Å². The summed E-state index contributed by atoms with van der Waals surface area (Å²) < 4.78 is 23.3. The molecular formula is C40H35Cl5N4O5. The van der Waals surface area contributed by atoms with Crippen LogP contribution in [0.3, 0.4) is 0 Å². The zero-order chi connectivity index (χ0) is 38.7. The summed E-state index contributed by atoms with van der Waals surface area (Å²) in [6, 6.07) is 19.3. The highest BCUT2D eigenvalue weighted by molar-refractivity contribution is 6.39. The van der Waals surface area contributed by atoms with Gasteiger partial charge in [-0.25, -0.2) is 9.78 Å². The molecule has 9 nitrogen and oxygen atoms in total. The van der Waals surface area contributed by atoms with E-state index in [0.717, 1.165) is 11.1 Å². The normalized spacial score (nSPS) is 11.4. The van der Waals surface area contributed by atoms with Gasteiger partial charge in [0.1, 0.15) is 47.7 Å². The third kappa shape index (κ3) is 8.51. The number of esters is 1. The Kier molecular flexibility index (Phi) is 12.5. The zero-order valence-corrected chi connectivity index (χ0v) is 33.7. The predicted octanol–water partition coefficient (Wildman–Crippen LogP) is 12.5. The topological polar surface area (TPSA) is 104 Å². The number of carbonyl (C=O) groups excluding carboxylic acids is 1. The van der Waals surface area contributed by atoms with Gasteiger partial charge in [0.2, 0.25) is 0 Å². The average Bonchev–Trinajstić information content (AvgIpc) is 3.74. The summed E-state index contributed by atoms with van der Waals surface area (Å²) in [6.07, 6.45) is 1.59. The van der Waals surface area contributed by atoms with Crippen LogP contribution in [0.4, 0.5) is 5.82 Å². The van der Waals surface area contributed by atoms with Crippen molar-refractivity contribution in [2.45, 2.75) is 59.3 Å². The highest BCUT2D eigenvalue weighted by Crippen LogP contribution is 2.40. The van der Waals surface area contributed by atoms with Crippen LogP contribution in [0.1, 0.15) is 78.1 Å². The molecule has 0 saturated heterocycles. The molecule has 0 N–H and O–H groups in total. The lowest BCUT2D eigenvalue weighted by Gasteiger charge is -2.20. The summed E-state index contributed by atoms with van der Waals surface area (Å²) in [5.74, 6) is 1.69. The lowest BCUT2D eigenvalue weighted by Crippen LogP contribution is -2.18. The quantitative estimate of drug-likeness (QED) is 0.105. The van der Waals surface area contributed by atoms with Gasteiger partial charge in [-0.1, -0.05) is 120 Å². The summed E-state index contributed by atoms with van der Waals surface area (Å²) in [6.45, 7) is 8.35. The van der Waals surface area contributed by atoms with Crippen LogP contribution in [-0.4, -0.2) is 28.3 Å². The summed E-state index contributed by atoms with van der Waals surface area (Å²) in [5, 5.41) is 10.6. The Bertz CT molecular complexity index is 2260. The van der Waals surface area contributed by atoms with E-state index in [4.69, 9.17) is 76.5 Å². The standard InChI is InChI=1S/C40H35Cl5N4O5/c1-21(2)37-26(35(47-53-37)33-28(41)11-7-12-29(33)42)19-51-25-16-32(45)39(46-17-25)49(5)18-23-9-6-10-24(15-23)40(50)52-20-27-36(48-54-38(27)22(3)4)34-30(43)13-8-14-31(34)44/h6-17,21-22H,18-20H2,1-5H3. The number of carbonyl (C=O) groups is 1. The second-order valence-corrected chi connectivity index (χ2v) is 15.2. The summed E-state index contributed by atoms with van der Waals surface area (Å²) in [5.41, 5.74) is 4.57. The minimum atomic E-state index is -0.516. The van der Waals surface area contributed by atoms with Crippen LogP contribution >= 0.6 is 58.0 Å². The van der Waals surface area contributed by atoms with E-state index in [2.05, 4.69) is 15.3 Å². The van der Waals surface area contributed by atoms with Crippen molar-refractivity contribution >= 4 is 69.8 Å². The lowest BCUT2D eigenvalue weighted by molar-refractivity contribution is 0.0471. The number of halogens is 5. The summed E-state index contributed by atoms with van der Waals surface area (Å²) in [7, 11) is 1.85. The number of aromatic nitrogens is 3. The first-order valence-electron chi connectivity index (χ1n) is 16.9. The van der Waals surface area contributed by atoms with Gasteiger partial charge in [-0.15, -0.1) is 0 Å². The van der Waals surface area contributed by atoms with Gasteiger partial charge in [0.05, 0.1) is 48.0 Å². The number of hydrogen-bond donors (Lipinski definition) is 0. The molecule has 0 aliphatic rings. The maximum atomic E-state index is 13.3. The molecular weight excluding hydrogens is 794 g/mol. The van der Waals surface area contributed by atoms with Crippen molar-refractivity contribution < 1.29 is 23.3 Å². The van der Waals surface area contributed by atoms with Crippen molar-refractivity contribution in [1.29, 1.82) is 0 Å². The van der Waals surface area contributed by atoms with E-state index < -0.39 is 5.97 Å². The number of anilines is 1. The van der Waals surface area contributed by atoms with Crippen LogP contribution in [0.5, 0.6) is 5.75 Å². The Morgan fingerprint density at radius 2 is 1.24 bits per heavy atom. The fraction of sp³-hybridized carbons (Fsp3) is 0.250. The Hall–Kier alpha value is -4.25. The van der Waals surface area contributed by atoms with E-state index >= 15 is 0 Å². The Balaban J connectivity index is 1.13. The Morgan fingerprint density at radius 3 is 1.76 bits per heavy atom. The molecule has 6 rings (SSSR count). The first kappa shape index (κ1) is 39.4. The molecule has 0 bridgehead atoms. The molecule has 54 heavy (non-hydrogen) atoms. The van der Waals surface area contributed by atoms with Gasteiger partial charge in [-0.3, -0.25) is 0 Å². The van der Waals surface area contributed by atoms with Gasteiger partial charge in [-0.05, 0) is 42.0 Å². The summed E-state index contributed by atoms with van der Waals surface area (Å²) in [4.78, 5) is 19.8. The van der Waals surface area contributed by atoms with Crippen LogP contribution in [0, 0.1) is 0 Å². The van der Waals surface area contributed by atoms with Crippen molar-refractivity contribution in [2.24, 2.45) is 0 Å². The molecule has 0 radical (unpaired) electrons. The Labute approximate surface area is 338 Å². The van der Waals surface area contributed by atoms with Crippen LogP contribution < -0.4 is 9.64 Å². The maximum Gasteiger partial charge on any atom is 0.338 e. The van der Waals surface area contributed by atoms with Crippen LogP contribution in [0.2, 0.25) is 25.1 Å². The minimum Gasteiger partial charge on any atom is -0.487 e. The van der Waals surface area contributed by atoms with Crippen molar-refractivity contribution in [2.75, 3.05) is 11.9 Å². The highest BCUT2D eigenvalue weighted by Gasteiger charge is 2.26. The molecule has 0 aliphatic heterocycles. The number of hydrogen-bond acceptors (Lipinski definition) is 9. The van der Waals surface area contributed by atoms with Gasteiger partial charge in [0.15, 0.2) is 0 Å². The first-order chi connectivity index (χ1) is 25.8. The van der Waals surface area contributed by atoms with Gasteiger partial charge < -0.3 is 23.4 Å². The monoisotopic (exact) mass is 826 g/mol. The van der Waals surface area contributed by atoms with Crippen molar-refractivity contribution in [3.63, 3.8) is 0 Å². The number of pyridine rings is 1. The molecule has 3 aromatic carbocycles. The fourth-order valence-electron chi connectivity index (χ4n) is 5.97. The van der Waals surface area contributed by atoms with Gasteiger partial charge in [0, 0.05) is 42.6 Å². The lowest BCUT2D eigenvalue weighted by atomic mass is 10.0.